The zero-order valence-electron chi connectivity index (χ0n) is 14.1. The average molecular weight is 338 g/mol. The van der Waals surface area contributed by atoms with Crippen LogP contribution in [0.4, 0.5) is 6.01 Å². The van der Waals surface area contributed by atoms with Gasteiger partial charge in [0.1, 0.15) is 0 Å². The van der Waals surface area contributed by atoms with Crippen LogP contribution < -0.4 is 20.1 Å². The smallest absolute Gasteiger partial charge is 0.315 e. The molecule has 2 rings (SSSR count). The molecule has 1 heterocycles. The molecule has 1 aromatic heterocycles. The second kappa shape index (κ2) is 10.1. The molecule has 132 valence electrons. The van der Waals surface area contributed by atoms with Crippen molar-refractivity contribution in [1.82, 2.24) is 15.5 Å². The van der Waals surface area contributed by atoms with Crippen LogP contribution in [0.1, 0.15) is 18.4 Å². The number of carboxylic acids is 1. The molecule has 3 N–H and O–H groups in total. The fraction of sp³-hybridized carbons (Fsp3) is 0.400. The molecule has 2 aromatic rings. The van der Waals surface area contributed by atoms with Crippen LogP contribution in [0.15, 0.2) is 22.6 Å². The number of carboxylic acid groups (broad SMARTS) is 1. The summed E-state index contributed by atoms with van der Waals surface area (Å²) in [6.45, 7) is 2.19. The number of carbonyl (C=O) groups is 1. The minimum atomic E-state index is -0.833. The fourth-order valence-corrected chi connectivity index (χ4v) is 1.72. The number of hydrogen-bond acceptors (Lipinski definition) is 8. The van der Waals surface area contributed by atoms with Gasteiger partial charge in [-0.3, -0.25) is 4.79 Å². The third-order valence-corrected chi connectivity index (χ3v) is 2.69. The second-order valence-corrected chi connectivity index (χ2v) is 4.59. The molecule has 0 radical (unpaired) electrons. The number of nitrogens with zero attached hydrogens (tertiary/aromatic N) is 2. The molecule has 0 bridgehead atoms. The van der Waals surface area contributed by atoms with E-state index in [2.05, 4.69) is 20.8 Å². The van der Waals surface area contributed by atoms with Crippen LogP contribution in [0.25, 0.3) is 0 Å². The predicted molar refractivity (Wildman–Crippen MR) is 87.2 cm³/mol. The van der Waals surface area contributed by atoms with Gasteiger partial charge in [-0.05, 0) is 24.7 Å². The molecule has 0 aliphatic heterocycles. The number of methoxy groups -OCH3 is 2. The van der Waals surface area contributed by atoms with E-state index in [1.54, 1.807) is 14.2 Å². The molecule has 0 spiro atoms. The number of hydrogen-bond donors (Lipinski definition) is 3. The minimum absolute atomic E-state index is 0.394. The lowest BCUT2D eigenvalue weighted by molar-refractivity contribution is -0.134. The van der Waals surface area contributed by atoms with Gasteiger partial charge in [-0.2, -0.15) is 0 Å². The number of aliphatic carboxylic acids is 1. The SMILES string of the molecule is CC(=O)O.CNCc1nnc(NCc2ccc(OC)c(OC)c2)o1. The number of aromatic nitrogens is 2. The van der Waals surface area contributed by atoms with Crippen LogP contribution in [-0.4, -0.2) is 42.5 Å². The van der Waals surface area contributed by atoms with E-state index in [0.717, 1.165) is 12.5 Å². The molecule has 0 fully saturated rings. The molecule has 0 saturated carbocycles. The highest BCUT2D eigenvalue weighted by Gasteiger charge is 2.07. The number of rotatable bonds is 7. The Morgan fingerprint density at radius 3 is 2.46 bits per heavy atom. The average Bonchev–Trinajstić information content (AvgIpc) is 3.00. The Balaban J connectivity index is 0.000000648. The van der Waals surface area contributed by atoms with E-state index in [9.17, 15) is 0 Å². The van der Waals surface area contributed by atoms with Crippen LogP contribution in [0.5, 0.6) is 11.5 Å². The second-order valence-electron chi connectivity index (χ2n) is 4.59. The summed E-state index contributed by atoms with van der Waals surface area (Å²) in [4.78, 5) is 9.00. The van der Waals surface area contributed by atoms with Crippen LogP contribution in [0.2, 0.25) is 0 Å². The Bertz CT molecular complexity index is 641. The van der Waals surface area contributed by atoms with Crippen molar-refractivity contribution in [3.8, 4) is 11.5 Å². The third kappa shape index (κ3) is 6.53. The molecule has 0 aliphatic carbocycles. The summed E-state index contributed by atoms with van der Waals surface area (Å²) in [6, 6.07) is 6.09. The van der Waals surface area contributed by atoms with Crippen LogP contribution in [0, 0.1) is 0 Å². The zero-order valence-corrected chi connectivity index (χ0v) is 14.1. The van der Waals surface area contributed by atoms with Crippen molar-refractivity contribution in [2.45, 2.75) is 20.0 Å². The lowest BCUT2D eigenvalue weighted by atomic mass is 10.2. The minimum Gasteiger partial charge on any atom is -0.493 e. The van der Waals surface area contributed by atoms with Crippen molar-refractivity contribution in [3.63, 3.8) is 0 Å². The molecule has 0 saturated heterocycles. The van der Waals surface area contributed by atoms with Crippen molar-refractivity contribution >= 4 is 12.0 Å². The van der Waals surface area contributed by atoms with Crippen molar-refractivity contribution < 1.29 is 23.8 Å². The first-order chi connectivity index (χ1) is 11.5. The van der Waals surface area contributed by atoms with Gasteiger partial charge in [0.15, 0.2) is 11.5 Å². The maximum Gasteiger partial charge on any atom is 0.315 e. The van der Waals surface area contributed by atoms with E-state index in [-0.39, 0.29) is 0 Å². The molecule has 0 unspecified atom stereocenters. The Morgan fingerprint density at radius 1 is 1.21 bits per heavy atom. The summed E-state index contributed by atoms with van der Waals surface area (Å²) < 4.78 is 15.8. The molecule has 0 aliphatic rings. The van der Waals surface area contributed by atoms with Gasteiger partial charge in [-0.25, -0.2) is 0 Å². The summed E-state index contributed by atoms with van der Waals surface area (Å²) in [5, 5.41) is 21.2. The van der Waals surface area contributed by atoms with E-state index in [0.29, 0.717) is 36.5 Å². The number of anilines is 1. The van der Waals surface area contributed by atoms with E-state index in [1.807, 2.05) is 25.2 Å². The first-order valence-corrected chi connectivity index (χ1v) is 7.11. The van der Waals surface area contributed by atoms with Gasteiger partial charge in [0.05, 0.1) is 20.8 Å². The van der Waals surface area contributed by atoms with Crippen molar-refractivity contribution in [1.29, 1.82) is 0 Å². The number of nitrogens with one attached hydrogen (secondary N) is 2. The van der Waals surface area contributed by atoms with Gasteiger partial charge in [0.2, 0.25) is 5.89 Å². The molecule has 9 nitrogen and oxygen atoms in total. The van der Waals surface area contributed by atoms with Gasteiger partial charge >= 0.3 is 6.01 Å². The maximum absolute atomic E-state index is 9.00. The Hall–Kier alpha value is -2.81. The van der Waals surface area contributed by atoms with E-state index in [4.69, 9.17) is 23.8 Å². The lowest BCUT2D eigenvalue weighted by Crippen LogP contribution is -2.04. The topological polar surface area (TPSA) is 119 Å². The first kappa shape index (κ1) is 19.2. The van der Waals surface area contributed by atoms with Gasteiger partial charge in [0.25, 0.3) is 5.97 Å². The fourth-order valence-electron chi connectivity index (χ4n) is 1.72. The predicted octanol–water partition coefficient (Wildman–Crippen LogP) is 1.51. The standard InChI is InChI=1S/C13H18N4O3.C2H4O2/c1-14-8-12-16-17-13(20-12)15-7-9-4-5-10(18-2)11(6-9)19-3;1-2(3)4/h4-6,14H,7-8H2,1-3H3,(H,15,17);1H3,(H,3,4). The molecule has 1 aromatic carbocycles. The summed E-state index contributed by atoms with van der Waals surface area (Å²) in [5.74, 6) is 1.10. The van der Waals surface area contributed by atoms with Crippen molar-refractivity contribution in [2.24, 2.45) is 0 Å². The van der Waals surface area contributed by atoms with Crippen molar-refractivity contribution in [2.75, 3.05) is 26.6 Å². The molecule has 24 heavy (non-hydrogen) atoms. The van der Waals surface area contributed by atoms with E-state index >= 15 is 0 Å². The largest absolute Gasteiger partial charge is 0.493 e. The summed E-state index contributed by atoms with van der Waals surface area (Å²) >= 11 is 0. The first-order valence-electron chi connectivity index (χ1n) is 7.11. The quantitative estimate of drug-likeness (QED) is 0.690. The molecule has 0 amide bonds. The highest BCUT2D eigenvalue weighted by Crippen LogP contribution is 2.27. The highest BCUT2D eigenvalue weighted by molar-refractivity contribution is 5.62. The Kier molecular flexibility index (Phi) is 8.06. The summed E-state index contributed by atoms with van der Waals surface area (Å²) in [5.41, 5.74) is 1.02. The Labute approximate surface area is 140 Å². The van der Waals surface area contributed by atoms with Gasteiger partial charge < -0.3 is 29.6 Å². The van der Waals surface area contributed by atoms with Gasteiger partial charge in [0, 0.05) is 13.5 Å². The van der Waals surface area contributed by atoms with Crippen molar-refractivity contribution in [3.05, 3.63) is 29.7 Å². The molecular formula is C15H22N4O5. The zero-order chi connectivity index (χ0) is 17.9. The highest BCUT2D eigenvalue weighted by atomic mass is 16.5. The summed E-state index contributed by atoms with van der Waals surface area (Å²) in [6.07, 6.45) is 0. The monoisotopic (exact) mass is 338 g/mol. The Morgan fingerprint density at radius 2 is 1.88 bits per heavy atom. The van der Waals surface area contributed by atoms with Crippen LogP contribution in [0.3, 0.4) is 0 Å². The molecular weight excluding hydrogens is 316 g/mol. The number of ether oxygens (including phenoxy) is 2. The number of benzene rings is 1. The molecule has 0 atom stereocenters. The summed E-state index contributed by atoms with van der Waals surface area (Å²) in [7, 11) is 5.04. The van der Waals surface area contributed by atoms with Crippen LogP contribution >= 0.6 is 0 Å². The maximum atomic E-state index is 9.00. The van der Waals surface area contributed by atoms with E-state index in [1.165, 1.54) is 0 Å². The van der Waals surface area contributed by atoms with Gasteiger partial charge in [-0.1, -0.05) is 11.2 Å². The van der Waals surface area contributed by atoms with Gasteiger partial charge in [-0.15, -0.1) is 5.10 Å². The van der Waals surface area contributed by atoms with E-state index < -0.39 is 5.97 Å². The lowest BCUT2D eigenvalue weighted by Gasteiger charge is -2.09. The molecule has 9 heteroatoms. The third-order valence-electron chi connectivity index (χ3n) is 2.69. The van der Waals surface area contributed by atoms with Crippen LogP contribution in [-0.2, 0) is 17.9 Å². The normalized spacial score (nSPS) is 9.67.